The van der Waals surface area contributed by atoms with E-state index in [2.05, 4.69) is 48.3 Å². The van der Waals surface area contributed by atoms with Gasteiger partial charge in [0.15, 0.2) is 0 Å². The second-order valence-corrected chi connectivity index (χ2v) is 7.63. The average molecular weight is 367 g/mol. The van der Waals surface area contributed by atoms with Crippen LogP contribution >= 0.6 is 0 Å². The lowest BCUT2D eigenvalue weighted by Gasteiger charge is -2.33. The van der Waals surface area contributed by atoms with Gasteiger partial charge in [-0.15, -0.1) is 0 Å². The smallest absolute Gasteiger partial charge is 0.223 e. The van der Waals surface area contributed by atoms with Gasteiger partial charge in [-0.2, -0.15) is 0 Å². The number of anilines is 1. The zero-order valence-electron chi connectivity index (χ0n) is 16.6. The van der Waals surface area contributed by atoms with Crippen molar-refractivity contribution < 1.29 is 9.53 Å². The monoisotopic (exact) mass is 366 g/mol. The second-order valence-electron chi connectivity index (χ2n) is 7.63. The molecule has 1 atom stereocenters. The Balaban J connectivity index is 1.42. The van der Waals surface area contributed by atoms with Gasteiger partial charge in [-0.05, 0) is 57.9 Å². The van der Waals surface area contributed by atoms with Gasteiger partial charge in [0.2, 0.25) is 5.91 Å². The number of piperidine rings is 1. The number of rotatable bonds is 6. The first-order chi connectivity index (χ1) is 13.0. The van der Waals surface area contributed by atoms with E-state index in [1.54, 1.807) is 0 Å². The standard InChI is InChI=1S/C23H30N2O2/c1-17-4-8-21(9-5-17)25-14-12-20(13-15-25)23(26)24-19(3)16-27-22-10-6-18(2)7-11-22/h4-11,19-20H,12-16H2,1-3H3,(H,24,26)/t19-/m0/s1. The van der Waals surface area contributed by atoms with Gasteiger partial charge in [0.05, 0.1) is 6.04 Å². The number of nitrogens with zero attached hydrogens (tertiary/aromatic N) is 1. The molecule has 0 aliphatic carbocycles. The third-order valence-corrected chi connectivity index (χ3v) is 5.17. The number of benzene rings is 2. The Morgan fingerprint density at radius 2 is 1.59 bits per heavy atom. The van der Waals surface area contributed by atoms with Crippen molar-refractivity contribution in [1.82, 2.24) is 5.32 Å². The largest absolute Gasteiger partial charge is 0.491 e. The summed E-state index contributed by atoms with van der Waals surface area (Å²) in [5.74, 6) is 1.08. The summed E-state index contributed by atoms with van der Waals surface area (Å²) in [6, 6.07) is 16.6. The molecule has 0 radical (unpaired) electrons. The molecule has 0 bridgehead atoms. The number of carbonyl (C=O) groups is 1. The molecule has 1 aliphatic heterocycles. The molecule has 0 aromatic heterocycles. The first-order valence-corrected chi connectivity index (χ1v) is 9.83. The Labute approximate surface area is 162 Å². The van der Waals surface area contributed by atoms with Crippen LogP contribution in [-0.4, -0.2) is 31.6 Å². The zero-order chi connectivity index (χ0) is 19.2. The molecule has 0 saturated carbocycles. The van der Waals surface area contributed by atoms with Crippen LogP contribution in [0.15, 0.2) is 48.5 Å². The molecular weight excluding hydrogens is 336 g/mol. The summed E-state index contributed by atoms with van der Waals surface area (Å²) in [5, 5.41) is 3.11. The van der Waals surface area contributed by atoms with Crippen LogP contribution in [0.2, 0.25) is 0 Å². The summed E-state index contributed by atoms with van der Waals surface area (Å²) in [6.45, 7) is 8.48. The van der Waals surface area contributed by atoms with Crippen LogP contribution in [0.1, 0.15) is 30.9 Å². The molecule has 27 heavy (non-hydrogen) atoms. The lowest BCUT2D eigenvalue weighted by Crippen LogP contribution is -2.44. The van der Waals surface area contributed by atoms with Crippen molar-refractivity contribution in [3.8, 4) is 5.75 Å². The Kier molecular flexibility index (Phi) is 6.38. The van der Waals surface area contributed by atoms with Gasteiger partial charge < -0.3 is 15.0 Å². The Morgan fingerprint density at radius 1 is 1.04 bits per heavy atom. The topological polar surface area (TPSA) is 41.6 Å². The molecule has 0 spiro atoms. The van der Waals surface area contributed by atoms with Gasteiger partial charge in [-0.1, -0.05) is 35.4 Å². The zero-order valence-corrected chi connectivity index (χ0v) is 16.6. The fourth-order valence-electron chi connectivity index (χ4n) is 3.41. The quantitative estimate of drug-likeness (QED) is 0.837. The highest BCUT2D eigenvalue weighted by Crippen LogP contribution is 2.24. The molecule has 1 N–H and O–H groups in total. The summed E-state index contributed by atoms with van der Waals surface area (Å²) in [5.41, 5.74) is 3.73. The molecule has 0 unspecified atom stereocenters. The van der Waals surface area contributed by atoms with Gasteiger partial charge >= 0.3 is 0 Å². The minimum Gasteiger partial charge on any atom is -0.491 e. The van der Waals surface area contributed by atoms with Gasteiger partial charge in [0.25, 0.3) is 0 Å². The fourth-order valence-corrected chi connectivity index (χ4v) is 3.41. The number of aryl methyl sites for hydroxylation is 2. The maximum Gasteiger partial charge on any atom is 0.223 e. The van der Waals surface area contributed by atoms with Crippen LogP contribution in [0.25, 0.3) is 0 Å². The first-order valence-electron chi connectivity index (χ1n) is 9.83. The molecule has 1 aliphatic rings. The molecule has 4 heteroatoms. The molecule has 4 nitrogen and oxygen atoms in total. The van der Waals surface area contributed by atoms with Crippen LogP contribution in [0.3, 0.4) is 0 Å². The third kappa shape index (κ3) is 5.49. The highest BCUT2D eigenvalue weighted by molar-refractivity contribution is 5.79. The second kappa shape index (κ2) is 8.94. The van der Waals surface area contributed by atoms with Crippen molar-refractivity contribution >= 4 is 11.6 Å². The first kappa shape index (κ1) is 19.3. The van der Waals surface area contributed by atoms with E-state index in [4.69, 9.17) is 4.74 Å². The average Bonchev–Trinajstić information content (AvgIpc) is 2.68. The number of carbonyl (C=O) groups excluding carboxylic acids is 1. The summed E-state index contributed by atoms with van der Waals surface area (Å²) in [7, 11) is 0. The summed E-state index contributed by atoms with van der Waals surface area (Å²) in [6.07, 6.45) is 1.79. The predicted molar refractivity (Wildman–Crippen MR) is 110 cm³/mol. The minimum absolute atomic E-state index is 0.00562. The lowest BCUT2D eigenvalue weighted by molar-refractivity contribution is -0.126. The minimum atomic E-state index is -0.00562. The van der Waals surface area contributed by atoms with Gasteiger partial charge in [-0.3, -0.25) is 4.79 Å². The molecule has 1 fully saturated rings. The van der Waals surface area contributed by atoms with Gasteiger partial charge in [-0.25, -0.2) is 0 Å². The maximum atomic E-state index is 12.6. The van der Waals surface area contributed by atoms with Crippen molar-refractivity contribution in [1.29, 1.82) is 0 Å². The molecule has 1 amide bonds. The highest BCUT2D eigenvalue weighted by atomic mass is 16.5. The van der Waals surface area contributed by atoms with Crippen LogP contribution in [0, 0.1) is 19.8 Å². The van der Waals surface area contributed by atoms with Crippen LogP contribution in [-0.2, 0) is 4.79 Å². The number of nitrogens with one attached hydrogen (secondary N) is 1. The number of hydrogen-bond donors (Lipinski definition) is 1. The highest BCUT2D eigenvalue weighted by Gasteiger charge is 2.26. The molecule has 2 aromatic carbocycles. The third-order valence-electron chi connectivity index (χ3n) is 5.17. The molecular formula is C23H30N2O2. The number of hydrogen-bond acceptors (Lipinski definition) is 3. The van der Waals surface area contributed by atoms with E-state index in [1.165, 1.54) is 16.8 Å². The van der Waals surface area contributed by atoms with E-state index in [0.717, 1.165) is 31.7 Å². The van der Waals surface area contributed by atoms with Crippen molar-refractivity contribution in [2.45, 2.75) is 39.7 Å². The summed E-state index contributed by atoms with van der Waals surface area (Å²) >= 11 is 0. The number of ether oxygens (including phenoxy) is 1. The van der Waals surface area contributed by atoms with Crippen LogP contribution in [0.5, 0.6) is 5.75 Å². The molecule has 3 rings (SSSR count). The van der Waals surface area contributed by atoms with Crippen molar-refractivity contribution in [3.05, 3.63) is 59.7 Å². The van der Waals surface area contributed by atoms with E-state index in [-0.39, 0.29) is 17.9 Å². The maximum absolute atomic E-state index is 12.6. The van der Waals surface area contributed by atoms with E-state index in [9.17, 15) is 4.79 Å². The number of amides is 1. The van der Waals surface area contributed by atoms with Crippen molar-refractivity contribution in [3.63, 3.8) is 0 Å². The van der Waals surface area contributed by atoms with E-state index < -0.39 is 0 Å². The Hall–Kier alpha value is -2.49. The van der Waals surface area contributed by atoms with Crippen molar-refractivity contribution in [2.24, 2.45) is 5.92 Å². The Bertz CT molecular complexity index is 732. The predicted octanol–water partition coefficient (Wildman–Crippen LogP) is 4.10. The van der Waals surface area contributed by atoms with E-state index >= 15 is 0 Å². The molecule has 2 aromatic rings. The molecule has 1 saturated heterocycles. The van der Waals surface area contributed by atoms with Crippen molar-refractivity contribution in [2.75, 3.05) is 24.6 Å². The van der Waals surface area contributed by atoms with Gasteiger partial charge in [0, 0.05) is 24.7 Å². The van der Waals surface area contributed by atoms with Crippen LogP contribution < -0.4 is 15.0 Å². The van der Waals surface area contributed by atoms with E-state index in [1.807, 2.05) is 31.2 Å². The molecule has 1 heterocycles. The molecule has 144 valence electrons. The Morgan fingerprint density at radius 3 is 2.19 bits per heavy atom. The summed E-state index contributed by atoms with van der Waals surface area (Å²) < 4.78 is 5.77. The summed E-state index contributed by atoms with van der Waals surface area (Å²) in [4.78, 5) is 14.9. The van der Waals surface area contributed by atoms with Gasteiger partial charge in [0.1, 0.15) is 12.4 Å². The lowest BCUT2D eigenvalue weighted by atomic mass is 9.95. The fraction of sp³-hybridized carbons (Fsp3) is 0.435. The SMILES string of the molecule is Cc1ccc(OC[C@H](C)NC(=O)C2CCN(c3ccc(C)cc3)CC2)cc1. The van der Waals surface area contributed by atoms with E-state index in [0.29, 0.717) is 6.61 Å². The van der Waals surface area contributed by atoms with Crippen LogP contribution in [0.4, 0.5) is 5.69 Å². The normalized spacial score (nSPS) is 16.0.